The van der Waals surface area contributed by atoms with Crippen molar-refractivity contribution in [1.29, 1.82) is 0 Å². The highest BCUT2D eigenvalue weighted by molar-refractivity contribution is 5.69. The molecule has 0 radical (unpaired) electrons. The van der Waals surface area contributed by atoms with Gasteiger partial charge in [-0.1, -0.05) is 6.92 Å². The Morgan fingerprint density at radius 3 is 2.14 bits per heavy atom. The van der Waals surface area contributed by atoms with Crippen molar-refractivity contribution >= 4 is 5.97 Å². The first kappa shape index (κ1) is 21.6. The fraction of sp³-hybridized carbons (Fsp3) is 0.958. The molecule has 5 nitrogen and oxygen atoms in total. The molecular weight excluding hydrogens is 368 g/mol. The van der Waals surface area contributed by atoms with Crippen LogP contribution in [0.4, 0.5) is 0 Å². The zero-order valence-electron chi connectivity index (χ0n) is 19.2. The minimum atomic E-state index is -0.0421. The lowest BCUT2D eigenvalue weighted by Gasteiger charge is -2.30. The van der Waals surface area contributed by atoms with Gasteiger partial charge in [-0.05, 0) is 91.4 Å². The molecule has 4 fully saturated rings. The largest absolute Gasteiger partial charge is 0.462 e. The van der Waals surface area contributed by atoms with Crippen molar-refractivity contribution in [3.8, 4) is 0 Å². The molecule has 0 bridgehead atoms. The summed E-state index contributed by atoms with van der Waals surface area (Å²) < 4.78 is 23.4. The van der Waals surface area contributed by atoms with Gasteiger partial charge < -0.3 is 18.9 Å². The summed E-state index contributed by atoms with van der Waals surface area (Å²) in [7, 11) is 0. The molecule has 7 atom stereocenters. The Hall–Kier alpha value is -0.650. The fourth-order valence-corrected chi connectivity index (χ4v) is 5.24. The van der Waals surface area contributed by atoms with E-state index in [2.05, 4.69) is 41.5 Å². The van der Waals surface area contributed by atoms with E-state index in [1.54, 1.807) is 0 Å². The van der Waals surface area contributed by atoms with Gasteiger partial charge in [-0.15, -0.1) is 0 Å². The lowest BCUT2D eigenvalue weighted by Crippen LogP contribution is -2.33. The number of ether oxygens (including phenoxy) is 4. The van der Waals surface area contributed by atoms with Crippen molar-refractivity contribution < 1.29 is 23.7 Å². The Kier molecular flexibility index (Phi) is 5.57. The first-order valence-corrected chi connectivity index (χ1v) is 11.7. The highest BCUT2D eigenvalue weighted by atomic mass is 16.6. The van der Waals surface area contributed by atoms with Gasteiger partial charge in [-0.3, -0.25) is 4.79 Å². The topological polar surface area (TPSA) is 63.9 Å². The SMILES string of the molecule is CC(CCC1OC1(C)C)CC(=O)OC(CCC1OC1(C)C)C1CCC2(C)OC2C1. The number of hydrogen-bond acceptors (Lipinski definition) is 5. The zero-order chi connectivity index (χ0) is 21.0. The number of carbonyl (C=O) groups is 1. The second-order valence-corrected chi connectivity index (χ2v) is 11.4. The summed E-state index contributed by atoms with van der Waals surface area (Å²) in [4.78, 5) is 12.7. The van der Waals surface area contributed by atoms with Crippen LogP contribution in [0.1, 0.15) is 92.9 Å². The summed E-state index contributed by atoms with van der Waals surface area (Å²) in [5, 5.41) is 0. The Morgan fingerprint density at radius 1 is 1.00 bits per heavy atom. The molecule has 0 aromatic rings. The van der Waals surface area contributed by atoms with E-state index >= 15 is 0 Å². The van der Waals surface area contributed by atoms with Crippen molar-refractivity contribution in [2.45, 2.75) is 134 Å². The van der Waals surface area contributed by atoms with Gasteiger partial charge in [-0.2, -0.15) is 0 Å². The van der Waals surface area contributed by atoms with Crippen molar-refractivity contribution in [3.63, 3.8) is 0 Å². The van der Waals surface area contributed by atoms with Gasteiger partial charge in [0, 0.05) is 6.42 Å². The van der Waals surface area contributed by atoms with Gasteiger partial charge >= 0.3 is 5.97 Å². The van der Waals surface area contributed by atoms with Crippen LogP contribution in [0.15, 0.2) is 0 Å². The Bertz CT molecular complexity index is 629. The molecule has 4 rings (SSSR count). The molecule has 0 aromatic carbocycles. The lowest BCUT2D eigenvalue weighted by atomic mass is 9.79. The number of carbonyl (C=O) groups excluding carboxylic acids is 1. The van der Waals surface area contributed by atoms with Crippen LogP contribution in [0, 0.1) is 11.8 Å². The predicted molar refractivity (Wildman–Crippen MR) is 111 cm³/mol. The molecule has 29 heavy (non-hydrogen) atoms. The number of esters is 1. The number of epoxide rings is 3. The summed E-state index contributed by atoms with van der Waals surface area (Å²) in [6, 6.07) is 0. The normalized spacial score (nSPS) is 40.5. The molecule has 166 valence electrons. The average molecular weight is 409 g/mol. The van der Waals surface area contributed by atoms with Crippen molar-refractivity contribution in [2.75, 3.05) is 0 Å². The average Bonchev–Trinajstić information content (AvgIpc) is 3.54. The molecule has 0 aromatic heterocycles. The molecule has 0 N–H and O–H groups in total. The molecule has 3 aliphatic heterocycles. The van der Waals surface area contributed by atoms with Crippen molar-refractivity contribution in [2.24, 2.45) is 11.8 Å². The highest BCUT2D eigenvalue weighted by Gasteiger charge is 2.56. The quantitative estimate of drug-likeness (QED) is 0.384. The minimum absolute atomic E-state index is 0.00542. The monoisotopic (exact) mass is 408 g/mol. The highest BCUT2D eigenvalue weighted by Crippen LogP contribution is 2.51. The van der Waals surface area contributed by atoms with E-state index < -0.39 is 0 Å². The minimum Gasteiger partial charge on any atom is -0.462 e. The predicted octanol–water partition coefficient (Wildman–Crippen LogP) is 4.80. The zero-order valence-corrected chi connectivity index (χ0v) is 19.2. The molecular formula is C24H40O5. The Balaban J connectivity index is 1.25. The maximum Gasteiger partial charge on any atom is 0.306 e. The molecule has 1 aliphatic carbocycles. The van der Waals surface area contributed by atoms with Crippen LogP contribution in [0.25, 0.3) is 0 Å². The van der Waals surface area contributed by atoms with E-state index in [1.165, 1.54) is 0 Å². The van der Waals surface area contributed by atoms with Gasteiger partial charge in [0.25, 0.3) is 0 Å². The Morgan fingerprint density at radius 2 is 1.59 bits per heavy atom. The van der Waals surface area contributed by atoms with Crippen LogP contribution < -0.4 is 0 Å². The van der Waals surface area contributed by atoms with Crippen LogP contribution in [0.3, 0.4) is 0 Å². The molecule has 1 saturated carbocycles. The third kappa shape index (κ3) is 5.16. The maximum atomic E-state index is 12.7. The molecule has 3 saturated heterocycles. The van der Waals surface area contributed by atoms with Crippen molar-refractivity contribution in [3.05, 3.63) is 0 Å². The first-order valence-electron chi connectivity index (χ1n) is 11.7. The van der Waals surface area contributed by atoms with Crippen molar-refractivity contribution in [1.82, 2.24) is 0 Å². The van der Waals surface area contributed by atoms with Crippen LogP contribution in [-0.2, 0) is 23.7 Å². The van der Waals surface area contributed by atoms with E-state index in [4.69, 9.17) is 18.9 Å². The summed E-state index contributed by atoms with van der Waals surface area (Å²) in [6.45, 7) is 12.9. The smallest absolute Gasteiger partial charge is 0.306 e. The molecule has 3 heterocycles. The second kappa shape index (κ2) is 7.49. The van der Waals surface area contributed by atoms with Gasteiger partial charge in [0.1, 0.15) is 6.10 Å². The number of rotatable bonds is 10. The summed E-state index contributed by atoms with van der Waals surface area (Å²) in [5.41, 5.74) is 0.122. The van der Waals surface area contributed by atoms with E-state index in [-0.39, 0.29) is 28.9 Å². The maximum absolute atomic E-state index is 12.7. The van der Waals surface area contributed by atoms with Gasteiger partial charge in [-0.25, -0.2) is 0 Å². The Labute approximate surface area is 176 Å². The molecule has 4 aliphatic rings. The number of fused-ring (bicyclic) bond motifs is 1. The standard InChI is InChI=1S/C24H40O5/c1-15(7-9-18-22(2,3)27-18)13-21(25)26-17(8-10-19-23(4,5)28-19)16-11-12-24(6)20(14-16)29-24/h15-20H,7-14H2,1-6H3. The lowest BCUT2D eigenvalue weighted by molar-refractivity contribution is -0.154. The second-order valence-electron chi connectivity index (χ2n) is 11.4. The van der Waals surface area contributed by atoms with E-state index in [0.29, 0.717) is 36.6 Å². The van der Waals surface area contributed by atoms with E-state index in [0.717, 1.165) is 44.9 Å². The third-order valence-electron chi connectivity index (χ3n) is 7.85. The van der Waals surface area contributed by atoms with E-state index in [9.17, 15) is 4.79 Å². The molecule has 5 heteroatoms. The molecule has 0 spiro atoms. The fourth-order valence-electron chi connectivity index (χ4n) is 5.24. The van der Waals surface area contributed by atoms with Crippen LogP contribution >= 0.6 is 0 Å². The van der Waals surface area contributed by atoms with Gasteiger partial charge in [0.15, 0.2) is 0 Å². The van der Waals surface area contributed by atoms with Gasteiger partial charge in [0.2, 0.25) is 0 Å². The molecule has 0 amide bonds. The van der Waals surface area contributed by atoms with Crippen LogP contribution in [0.5, 0.6) is 0 Å². The van der Waals surface area contributed by atoms with Crippen LogP contribution in [-0.4, -0.2) is 47.2 Å². The number of hydrogen-bond donors (Lipinski definition) is 0. The van der Waals surface area contributed by atoms with E-state index in [1.807, 2.05) is 0 Å². The summed E-state index contributed by atoms with van der Waals surface area (Å²) in [6.07, 6.45) is 8.59. The summed E-state index contributed by atoms with van der Waals surface area (Å²) in [5.74, 6) is 0.701. The first-order chi connectivity index (χ1) is 13.5. The third-order valence-corrected chi connectivity index (χ3v) is 7.85. The van der Waals surface area contributed by atoms with Crippen LogP contribution in [0.2, 0.25) is 0 Å². The summed E-state index contributed by atoms with van der Waals surface area (Å²) >= 11 is 0. The molecule has 7 unspecified atom stereocenters. The van der Waals surface area contributed by atoms with Gasteiger partial charge in [0.05, 0.1) is 35.1 Å².